The van der Waals surface area contributed by atoms with Crippen LogP contribution in [0.2, 0.25) is 0 Å². The second-order valence-electron chi connectivity index (χ2n) is 6.51. The van der Waals surface area contributed by atoms with E-state index in [1.807, 2.05) is 36.4 Å². The van der Waals surface area contributed by atoms with Gasteiger partial charge in [-0.2, -0.15) is 14.6 Å². The van der Waals surface area contributed by atoms with E-state index in [1.165, 1.54) is 6.33 Å². The molecular weight excluding hydrogens is 316 g/mol. The second kappa shape index (κ2) is 6.16. The van der Waals surface area contributed by atoms with E-state index in [1.54, 1.807) is 4.52 Å². The predicted molar refractivity (Wildman–Crippen MR) is 95.2 cm³/mol. The minimum absolute atomic E-state index is 0.0487. The standard InChI is InChI=1S/C18H20N6O/c1-12(2)16-17(25)19-8-9-23(16)15-10-14(13-6-4-3-5-7-13)22-18-20-11-21-24(15)18/h3-7,10-12,16H,8-9H2,1-2H3,(H,19,25)/t16-/m1/s1. The van der Waals surface area contributed by atoms with Crippen LogP contribution in [0.3, 0.4) is 0 Å². The van der Waals surface area contributed by atoms with Crippen LogP contribution < -0.4 is 10.2 Å². The molecule has 2 aromatic heterocycles. The molecule has 1 aliphatic heterocycles. The summed E-state index contributed by atoms with van der Waals surface area (Å²) in [6.07, 6.45) is 1.50. The number of hydrogen-bond donors (Lipinski definition) is 1. The van der Waals surface area contributed by atoms with Gasteiger partial charge >= 0.3 is 0 Å². The molecule has 1 aliphatic rings. The summed E-state index contributed by atoms with van der Waals surface area (Å²) in [7, 11) is 0. The molecular formula is C18H20N6O. The van der Waals surface area contributed by atoms with Gasteiger partial charge in [0, 0.05) is 24.7 Å². The highest BCUT2D eigenvalue weighted by atomic mass is 16.2. The lowest BCUT2D eigenvalue weighted by Gasteiger charge is -2.38. The summed E-state index contributed by atoms with van der Waals surface area (Å²) < 4.78 is 1.71. The van der Waals surface area contributed by atoms with Crippen LogP contribution in [0.4, 0.5) is 5.82 Å². The third-order valence-electron chi connectivity index (χ3n) is 4.48. The first-order valence-electron chi connectivity index (χ1n) is 8.45. The molecule has 3 heterocycles. The molecule has 0 aliphatic carbocycles. The number of anilines is 1. The number of nitrogens with one attached hydrogen (secondary N) is 1. The number of amides is 1. The van der Waals surface area contributed by atoms with E-state index in [4.69, 9.17) is 0 Å². The van der Waals surface area contributed by atoms with Crippen LogP contribution in [0, 0.1) is 5.92 Å². The number of carbonyl (C=O) groups excluding carboxylic acids is 1. The summed E-state index contributed by atoms with van der Waals surface area (Å²) in [5, 5.41) is 7.28. The van der Waals surface area contributed by atoms with Crippen molar-refractivity contribution in [1.82, 2.24) is 24.9 Å². The molecule has 1 saturated heterocycles. The Labute approximate surface area is 145 Å². The van der Waals surface area contributed by atoms with Crippen LogP contribution in [0.15, 0.2) is 42.7 Å². The summed E-state index contributed by atoms with van der Waals surface area (Å²) >= 11 is 0. The Kier molecular flexibility index (Phi) is 3.83. The quantitative estimate of drug-likeness (QED) is 0.789. The maximum atomic E-state index is 12.4. The Morgan fingerprint density at radius 1 is 1.24 bits per heavy atom. The van der Waals surface area contributed by atoms with Gasteiger partial charge in [-0.05, 0) is 5.92 Å². The van der Waals surface area contributed by atoms with Crippen molar-refractivity contribution in [1.29, 1.82) is 0 Å². The highest BCUT2D eigenvalue weighted by molar-refractivity contribution is 5.87. The fourth-order valence-electron chi connectivity index (χ4n) is 3.36. The van der Waals surface area contributed by atoms with Gasteiger partial charge in [0.25, 0.3) is 5.78 Å². The smallest absolute Gasteiger partial charge is 0.254 e. The molecule has 0 bridgehead atoms. The van der Waals surface area contributed by atoms with Crippen molar-refractivity contribution in [3.05, 3.63) is 42.7 Å². The summed E-state index contributed by atoms with van der Waals surface area (Å²) in [5.74, 6) is 1.60. The van der Waals surface area contributed by atoms with Gasteiger partial charge in [-0.1, -0.05) is 44.2 Å². The molecule has 0 radical (unpaired) electrons. The number of rotatable bonds is 3. The van der Waals surface area contributed by atoms with Crippen LogP contribution in [0.1, 0.15) is 13.8 Å². The van der Waals surface area contributed by atoms with Crippen LogP contribution in [0.5, 0.6) is 0 Å². The molecule has 1 N–H and O–H groups in total. The largest absolute Gasteiger partial charge is 0.353 e. The zero-order valence-corrected chi connectivity index (χ0v) is 14.3. The van der Waals surface area contributed by atoms with Gasteiger partial charge < -0.3 is 10.2 Å². The normalized spacial score (nSPS) is 18.0. The number of hydrogen-bond acceptors (Lipinski definition) is 5. The Morgan fingerprint density at radius 3 is 2.80 bits per heavy atom. The number of benzene rings is 1. The molecule has 7 heteroatoms. The van der Waals surface area contributed by atoms with Crippen molar-refractivity contribution < 1.29 is 4.79 Å². The summed E-state index contributed by atoms with van der Waals surface area (Å²) in [5.41, 5.74) is 1.83. The summed E-state index contributed by atoms with van der Waals surface area (Å²) in [6.45, 7) is 5.45. The Bertz CT molecular complexity index is 904. The van der Waals surface area contributed by atoms with Gasteiger partial charge in [0.1, 0.15) is 18.2 Å². The molecule has 4 rings (SSSR count). The Balaban J connectivity index is 1.88. The summed E-state index contributed by atoms with van der Waals surface area (Å²) in [6, 6.07) is 11.7. The fraction of sp³-hybridized carbons (Fsp3) is 0.333. The number of piperazine rings is 1. The van der Waals surface area contributed by atoms with Crippen LogP contribution >= 0.6 is 0 Å². The van der Waals surface area contributed by atoms with Crippen LogP contribution in [-0.2, 0) is 4.79 Å². The lowest BCUT2D eigenvalue weighted by Crippen LogP contribution is -2.58. The minimum atomic E-state index is -0.243. The fourth-order valence-corrected chi connectivity index (χ4v) is 3.36. The van der Waals surface area contributed by atoms with Crippen molar-refractivity contribution in [2.75, 3.05) is 18.0 Å². The van der Waals surface area contributed by atoms with Crippen molar-refractivity contribution in [2.45, 2.75) is 19.9 Å². The molecule has 0 saturated carbocycles. The lowest BCUT2D eigenvalue weighted by molar-refractivity contribution is -0.124. The van der Waals surface area contributed by atoms with Crippen molar-refractivity contribution in [3.63, 3.8) is 0 Å². The molecule has 3 aromatic rings. The van der Waals surface area contributed by atoms with E-state index >= 15 is 0 Å². The summed E-state index contributed by atoms with van der Waals surface area (Å²) in [4.78, 5) is 23.4. The first kappa shape index (κ1) is 15.6. The molecule has 1 amide bonds. The van der Waals surface area contributed by atoms with Gasteiger partial charge in [0.15, 0.2) is 0 Å². The van der Waals surface area contributed by atoms with E-state index in [0.29, 0.717) is 12.3 Å². The van der Waals surface area contributed by atoms with Gasteiger partial charge in [-0.25, -0.2) is 4.98 Å². The molecule has 0 unspecified atom stereocenters. The van der Waals surface area contributed by atoms with E-state index in [0.717, 1.165) is 23.6 Å². The number of nitrogens with zero attached hydrogens (tertiary/aromatic N) is 5. The first-order valence-corrected chi connectivity index (χ1v) is 8.45. The highest BCUT2D eigenvalue weighted by Crippen LogP contribution is 2.27. The SMILES string of the molecule is CC(C)[C@@H]1C(=O)NCCN1c1cc(-c2ccccc2)nc2ncnn12. The van der Waals surface area contributed by atoms with E-state index < -0.39 is 0 Å². The lowest BCUT2D eigenvalue weighted by atomic mass is 9.99. The van der Waals surface area contributed by atoms with Crippen molar-refractivity contribution in [2.24, 2.45) is 5.92 Å². The topological polar surface area (TPSA) is 75.4 Å². The second-order valence-corrected chi connectivity index (χ2v) is 6.51. The average Bonchev–Trinajstić information content (AvgIpc) is 3.09. The molecule has 1 atom stereocenters. The average molecular weight is 336 g/mol. The maximum Gasteiger partial charge on any atom is 0.254 e. The monoisotopic (exact) mass is 336 g/mol. The zero-order valence-electron chi connectivity index (χ0n) is 14.3. The first-order chi connectivity index (χ1) is 12.1. The molecule has 1 aromatic carbocycles. The third-order valence-corrected chi connectivity index (χ3v) is 4.48. The zero-order chi connectivity index (χ0) is 17.4. The van der Waals surface area contributed by atoms with Crippen molar-refractivity contribution >= 4 is 17.5 Å². The molecule has 7 nitrogen and oxygen atoms in total. The number of fused-ring (bicyclic) bond motifs is 1. The molecule has 25 heavy (non-hydrogen) atoms. The van der Waals surface area contributed by atoms with E-state index in [-0.39, 0.29) is 17.9 Å². The molecule has 1 fully saturated rings. The highest BCUT2D eigenvalue weighted by Gasteiger charge is 2.34. The third kappa shape index (κ3) is 2.71. The van der Waals surface area contributed by atoms with Crippen molar-refractivity contribution in [3.8, 4) is 11.3 Å². The van der Waals surface area contributed by atoms with Gasteiger partial charge in [0.05, 0.1) is 5.69 Å². The van der Waals surface area contributed by atoms with Gasteiger partial charge in [-0.15, -0.1) is 0 Å². The predicted octanol–water partition coefficient (Wildman–Crippen LogP) is 1.75. The molecule has 128 valence electrons. The van der Waals surface area contributed by atoms with Gasteiger partial charge in [0.2, 0.25) is 5.91 Å². The maximum absolute atomic E-state index is 12.4. The van der Waals surface area contributed by atoms with E-state index in [9.17, 15) is 4.79 Å². The number of carbonyl (C=O) groups is 1. The van der Waals surface area contributed by atoms with Crippen LogP contribution in [-0.4, -0.2) is 44.6 Å². The van der Waals surface area contributed by atoms with E-state index in [2.05, 4.69) is 39.1 Å². The Morgan fingerprint density at radius 2 is 2.04 bits per heavy atom. The Hall–Kier alpha value is -2.96. The minimum Gasteiger partial charge on any atom is -0.353 e. The molecule has 0 spiro atoms. The van der Waals surface area contributed by atoms with Crippen LogP contribution in [0.25, 0.3) is 17.0 Å². The van der Waals surface area contributed by atoms with Gasteiger partial charge in [-0.3, -0.25) is 4.79 Å². The number of aromatic nitrogens is 4.